The molecule has 0 spiro atoms. The normalized spacial score (nSPS) is 18.0. The number of ether oxygens (including phenoxy) is 1. The van der Waals surface area contributed by atoms with Crippen molar-refractivity contribution < 1.29 is 23.9 Å². The van der Waals surface area contributed by atoms with Crippen LogP contribution in [0.3, 0.4) is 0 Å². The lowest BCUT2D eigenvalue weighted by Crippen LogP contribution is -2.39. The predicted octanol–water partition coefficient (Wildman–Crippen LogP) is 4.56. The molecule has 2 aromatic carbocycles. The molecule has 0 saturated carbocycles. The van der Waals surface area contributed by atoms with E-state index in [1.165, 1.54) is 6.07 Å². The van der Waals surface area contributed by atoms with Crippen LogP contribution in [0.2, 0.25) is 0 Å². The van der Waals surface area contributed by atoms with Crippen LogP contribution in [0.15, 0.2) is 59.3 Å². The number of halogens is 1. The Morgan fingerprint density at radius 1 is 1.08 bits per heavy atom. The van der Waals surface area contributed by atoms with Gasteiger partial charge in [0.2, 0.25) is 0 Å². The summed E-state index contributed by atoms with van der Waals surface area (Å²) in [5.41, 5.74) is 1.26. The standard InChI is InChI=1S/C27H28ClN3O5/c1-3-13-36-27(35)19-9-5-11-21(15-19)31-25(33)22(28)23(26(31)34)29-20-10-4-8-18(14-20)24(32)30-12-6-7-17(2)16-30/h4-5,8-11,14-15,17,29H,3,6-7,12-13,16H2,1-2H3. The van der Waals surface area contributed by atoms with Crippen LogP contribution in [0.4, 0.5) is 11.4 Å². The molecule has 0 aliphatic carbocycles. The van der Waals surface area contributed by atoms with Crippen molar-refractivity contribution in [2.75, 3.05) is 29.9 Å². The van der Waals surface area contributed by atoms with E-state index in [1.807, 2.05) is 11.8 Å². The topological polar surface area (TPSA) is 96.0 Å². The number of piperidine rings is 1. The summed E-state index contributed by atoms with van der Waals surface area (Å²) in [6.45, 7) is 5.70. The van der Waals surface area contributed by atoms with Crippen LogP contribution in [0, 0.1) is 5.92 Å². The number of anilines is 2. The highest BCUT2D eigenvalue weighted by molar-refractivity contribution is 6.53. The fraction of sp³-hybridized carbons (Fsp3) is 0.333. The molecule has 188 valence electrons. The molecule has 0 aromatic heterocycles. The number of esters is 1. The van der Waals surface area contributed by atoms with Crippen molar-refractivity contribution in [2.45, 2.75) is 33.1 Å². The first-order valence-corrected chi connectivity index (χ1v) is 12.4. The lowest BCUT2D eigenvalue weighted by atomic mass is 9.99. The van der Waals surface area contributed by atoms with Gasteiger partial charge in [0.1, 0.15) is 10.7 Å². The first-order chi connectivity index (χ1) is 17.3. The van der Waals surface area contributed by atoms with Gasteiger partial charge in [-0.3, -0.25) is 14.4 Å². The Balaban J connectivity index is 1.52. The van der Waals surface area contributed by atoms with E-state index in [0.29, 0.717) is 36.7 Å². The maximum absolute atomic E-state index is 13.2. The number of amides is 3. The van der Waals surface area contributed by atoms with E-state index in [0.717, 1.165) is 17.7 Å². The van der Waals surface area contributed by atoms with Crippen molar-refractivity contribution in [3.63, 3.8) is 0 Å². The molecule has 8 nitrogen and oxygen atoms in total. The summed E-state index contributed by atoms with van der Waals surface area (Å²) >= 11 is 6.27. The van der Waals surface area contributed by atoms with E-state index in [1.54, 1.807) is 42.5 Å². The monoisotopic (exact) mass is 509 g/mol. The summed E-state index contributed by atoms with van der Waals surface area (Å²) in [5.74, 6) is -1.54. The van der Waals surface area contributed by atoms with Gasteiger partial charge in [-0.05, 0) is 61.6 Å². The smallest absolute Gasteiger partial charge is 0.338 e. The van der Waals surface area contributed by atoms with Crippen LogP contribution in [0.25, 0.3) is 0 Å². The number of nitrogens with zero attached hydrogens (tertiary/aromatic N) is 2. The molecular formula is C27H28ClN3O5. The SMILES string of the molecule is CCCOC(=O)c1cccc(N2C(=O)C(Cl)=C(Nc3cccc(C(=O)N4CCCC(C)C4)c3)C2=O)c1. The third kappa shape index (κ3) is 5.28. The van der Waals surface area contributed by atoms with Crippen LogP contribution >= 0.6 is 11.6 Å². The zero-order valence-electron chi connectivity index (χ0n) is 20.3. The average molecular weight is 510 g/mol. The van der Waals surface area contributed by atoms with Crippen molar-refractivity contribution in [3.8, 4) is 0 Å². The third-order valence-corrected chi connectivity index (χ3v) is 6.48. The minimum atomic E-state index is -0.710. The molecule has 4 rings (SSSR count). The van der Waals surface area contributed by atoms with Gasteiger partial charge in [0, 0.05) is 24.3 Å². The number of hydrogen-bond acceptors (Lipinski definition) is 6. The fourth-order valence-electron chi connectivity index (χ4n) is 4.33. The van der Waals surface area contributed by atoms with Gasteiger partial charge in [-0.1, -0.05) is 37.6 Å². The summed E-state index contributed by atoms with van der Waals surface area (Å²) in [5, 5.41) is 2.64. The third-order valence-electron chi connectivity index (χ3n) is 6.13. The van der Waals surface area contributed by atoms with Gasteiger partial charge in [0.05, 0.1) is 17.9 Å². The van der Waals surface area contributed by atoms with E-state index in [2.05, 4.69) is 12.2 Å². The van der Waals surface area contributed by atoms with Crippen LogP contribution in [-0.2, 0) is 14.3 Å². The first kappa shape index (κ1) is 25.4. The maximum Gasteiger partial charge on any atom is 0.338 e. The summed E-state index contributed by atoms with van der Waals surface area (Å²) in [4.78, 5) is 54.1. The van der Waals surface area contributed by atoms with E-state index < -0.39 is 17.8 Å². The largest absolute Gasteiger partial charge is 0.462 e. The number of hydrogen-bond donors (Lipinski definition) is 1. The van der Waals surface area contributed by atoms with E-state index in [-0.39, 0.29) is 34.5 Å². The summed E-state index contributed by atoms with van der Waals surface area (Å²) in [6, 6.07) is 12.8. The molecule has 36 heavy (non-hydrogen) atoms. The van der Waals surface area contributed by atoms with Gasteiger partial charge in [0.25, 0.3) is 17.7 Å². The van der Waals surface area contributed by atoms with Gasteiger partial charge in [-0.25, -0.2) is 9.69 Å². The molecule has 2 aromatic rings. The molecule has 3 amide bonds. The number of nitrogens with one attached hydrogen (secondary N) is 1. The van der Waals surface area contributed by atoms with E-state index in [9.17, 15) is 19.2 Å². The number of carbonyl (C=O) groups is 4. The van der Waals surface area contributed by atoms with Crippen LogP contribution in [-0.4, -0.2) is 48.3 Å². The maximum atomic E-state index is 13.2. The van der Waals surface area contributed by atoms with Crippen molar-refractivity contribution in [1.82, 2.24) is 4.90 Å². The van der Waals surface area contributed by atoms with Gasteiger partial charge in [-0.15, -0.1) is 0 Å². The molecule has 0 bridgehead atoms. The van der Waals surface area contributed by atoms with Crippen molar-refractivity contribution in [3.05, 3.63) is 70.4 Å². The van der Waals surface area contributed by atoms with Crippen LogP contribution < -0.4 is 10.2 Å². The predicted molar refractivity (Wildman–Crippen MR) is 137 cm³/mol. The van der Waals surface area contributed by atoms with Gasteiger partial charge >= 0.3 is 5.97 Å². The molecular weight excluding hydrogens is 482 g/mol. The quantitative estimate of drug-likeness (QED) is 0.434. The second-order valence-electron chi connectivity index (χ2n) is 9.03. The Labute approximate surface area is 214 Å². The molecule has 2 aliphatic rings. The van der Waals surface area contributed by atoms with Gasteiger partial charge < -0.3 is 15.0 Å². The minimum Gasteiger partial charge on any atom is -0.462 e. The highest BCUT2D eigenvalue weighted by Crippen LogP contribution is 2.31. The first-order valence-electron chi connectivity index (χ1n) is 12.0. The molecule has 9 heteroatoms. The molecule has 1 fully saturated rings. The lowest BCUT2D eigenvalue weighted by Gasteiger charge is -2.31. The molecule has 2 aliphatic heterocycles. The van der Waals surface area contributed by atoms with E-state index >= 15 is 0 Å². The van der Waals surface area contributed by atoms with E-state index in [4.69, 9.17) is 16.3 Å². The Morgan fingerprint density at radius 3 is 2.58 bits per heavy atom. The Hall–Kier alpha value is -3.65. The minimum absolute atomic E-state index is 0.0764. The zero-order valence-corrected chi connectivity index (χ0v) is 21.0. The highest BCUT2D eigenvalue weighted by atomic mass is 35.5. The second kappa shape index (κ2) is 11.0. The van der Waals surface area contributed by atoms with Crippen LogP contribution in [0.5, 0.6) is 0 Å². The number of likely N-dealkylation sites (tertiary alicyclic amines) is 1. The molecule has 1 unspecified atom stereocenters. The Morgan fingerprint density at radius 2 is 1.83 bits per heavy atom. The summed E-state index contributed by atoms with van der Waals surface area (Å²) < 4.78 is 5.14. The Bertz CT molecular complexity index is 1240. The molecule has 1 saturated heterocycles. The molecule has 1 N–H and O–H groups in total. The Kier molecular flexibility index (Phi) is 7.74. The highest BCUT2D eigenvalue weighted by Gasteiger charge is 2.39. The number of carbonyl (C=O) groups excluding carboxylic acids is 4. The molecule has 0 radical (unpaired) electrons. The van der Waals surface area contributed by atoms with Crippen molar-refractivity contribution in [1.29, 1.82) is 0 Å². The number of rotatable bonds is 7. The summed E-state index contributed by atoms with van der Waals surface area (Å²) in [6.07, 6.45) is 2.75. The van der Waals surface area contributed by atoms with Crippen molar-refractivity contribution in [2.24, 2.45) is 5.92 Å². The summed E-state index contributed by atoms with van der Waals surface area (Å²) in [7, 11) is 0. The van der Waals surface area contributed by atoms with Gasteiger partial charge in [-0.2, -0.15) is 0 Å². The number of imide groups is 1. The lowest BCUT2D eigenvalue weighted by molar-refractivity contribution is -0.120. The average Bonchev–Trinajstić information content (AvgIpc) is 3.10. The van der Waals surface area contributed by atoms with Crippen LogP contribution in [0.1, 0.15) is 53.8 Å². The second-order valence-corrected chi connectivity index (χ2v) is 9.40. The number of benzene rings is 2. The van der Waals surface area contributed by atoms with Crippen molar-refractivity contribution >= 4 is 46.7 Å². The fourth-order valence-corrected chi connectivity index (χ4v) is 4.54. The molecule has 2 heterocycles. The zero-order chi connectivity index (χ0) is 25.8. The van der Waals surface area contributed by atoms with Gasteiger partial charge in [0.15, 0.2) is 0 Å². The molecule has 1 atom stereocenters.